The highest BCUT2D eigenvalue weighted by Gasteiger charge is 2.10. The Morgan fingerprint density at radius 3 is 2.44 bits per heavy atom. The van der Waals surface area contributed by atoms with Gasteiger partial charge in [-0.25, -0.2) is 0 Å². The fourth-order valence-electron chi connectivity index (χ4n) is 3.53. The van der Waals surface area contributed by atoms with E-state index in [-0.39, 0.29) is 0 Å². The van der Waals surface area contributed by atoms with Crippen LogP contribution in [-0.4, -0.2) is 36.3 Å². The predicted octanol–water partition coefficient (Wildman–Crippen LogP) is 5.26. The van der Waals surface area contributed by atoms with Crippen LogP contribution >= 0.6 is 0 Å². The van der Waals surface area contributed by atoms with Crippen molar-refractivity contribution in [3.8, 4) is 28.3 Å². The number of piperidine rings is 1. The van der Waals surface area contributed by atoms with Crippen molar-refractivity contribution in [2.45, 2.75) is 25.7 Å². The van der Waals surface area contributed by atoms with Gasteiger partial charge >= 0.3 is 0 Å². The van der Waals surface area contributed by atoms with E-state index < -0.39 is 0 Å². The highest BCUT2D eigenvalue weighted by molar-refractivity contribution is 5.66. The molecule has 0 bridgehead atoms. The van der Waals surface area contributed by atoms with Crippen molar-refractivity contribution in [1.82, 2.24) is 10.1 Å². The summed E-state index contributed by atoms with van der Waals surface area (Å²) in [4.78, 5) is 2.55. The van der Waals surface area contributed by atoms with E-state index in [0.29, 0.717) is 0 Å². The van der Waals surface area contributed by atoms with Crippen LogP contribution in [0.3, 0.4) is 0 Å². The van der Waals surface area contributed by atoms with E-state index in [1.54, 1.807) is 0 Å². The van der Waals surface area contributed by atoms with Gasteiger partial charge < -0.3 is 14.2 Å². The van der Waals surface area contributed by atoms with E-state index in [4.69, 9.17) is 9.26 Å². The number of ether oxygens (including phenoxy) is 1. The molecular weight excluding hydrogens is 336 g/mol. The number of hydrogen-bond donors (Lipinski definition) is 0. The summed E-state index contributed by atoms with van der Waals surface area (Å²) < 4.78 is 11.4. The second-order valence-corrected chi connectivity index (χ2v) is 7.07. The van der Waals surface area contributed by atoms with Crippen LogP contribution in [0.2, 0.25) is 0 Å². The molecule has 27 heavy (non-hydrogen) atoms. The highest BCUT2D eigenvalue weighted by atomic mass is 16.5. The maximum absolute atomic E-state index is 5.89. The number of nitrogens with zero attached hydrogens (tertiary/aromatic N) is 2. The van der Waals surface area contributed by atoms with Gasteiger partial charge in [-0.1, -0.05) is 41.9 Å². The van der Waals surface area contributed by atoms with E-state index in [1.807, 2.05) is 60.7 Å². The predicted molar refractivity (Wildman–Crippen MR) is 108 cm³/mol. The van der Waals surface area contributed by atoms with Crippen LogP contribution in [0.1, 0.15) is 25.7 Å². The first-order chi connectivity index (χ1) is 13.4. The molecule has 1 fully saturated rings. The Morgan fingerprint density at radius 1 is 0.889 bits per heavy atom. The highest BCUT2D eigenvalue weighted by Crippen LogP contribution is 2.27. The van der Waals surface area contributed by atoms with Gasteiger partial charge in [0.2, 0.25) is 0 Å². The molecule has 0 saturated carbocycles. The van der Waals surface area contributed by atoms with Gasteiger partial charge in [-0.3, -0.25) is 0 Å². The van der Waals surface area contributed by atoms with Gasteiger partial charge in [0.25, 0.3) is 0 Å². The van der Waals surface area contributed by atoms with Crippen LogP contribution in [-0.2, 0) is 0 Å². The largest absolute Gasteiger partial charge is 0.494 e. The Bertz CT molecular complexity index is 821. The Balaban J connectivity index is 1.29. The third-order valence-electron chi connectivity index (χ3n) is 5.05. The van der Waals surface area contributed by atoms with Crippen LogP contribution in [0.4, 0.5) is 0 Å². The van der Waals surface area contributed by atoms with Crippen molar-refractivity contribution < 1.29 is 9.26 Å². The SMILES string of the molecule is c1ccc(-c2cc(-c3ccc(OCCCN4CCCCC4)cc3)no2)cc1. The zero-order chi connectivity index (χ0) is 18.3. The van der Waals surface area contributed by atoms with Crippen molar-refractivity contribution in [2.75, 3.05) is 26.2 Å². The molecule has 0 aliphatic carbocycles. The van der Waals surface area contributed by atoms with E-state index >= 15 is 0 Å². The molecule has 0 unspecified atom stereocenters. The quantitative estimate of drug-likeness (QED) is 0.537. The lowest BCUT2D eigenvalue weighted by molar-refractivity contribution is 0.205. The molecule has 0 radical (unpaired) electrons. The van der Waals surface area contributed by atoms with Crippen molar-refractivity contribution in [3.05, 3.63) is 60.7 Å². The van der Waals surface area contributed by atoms with E-state index in [1.165, 1.54) is 32.4 Å². The van der Waals surface area contributed by atoms with Crippen LogP contribution in [0.15, 0.2) is 65.2 Å². The monoisotopic (exact) mass is 362 g/mol. The maximum Gasteiger partial charge on any atom is 0.167 e. The molecule has 0 atom stereocenters. The van der Waals surface area contributed by atoms with Gasteiger partial charge in [-0.2, -0.15) is 0 Å². The number of likely N-dealkylation sites (tertiary alicyclic amines) is 1. The van der Waals surface area contributed by atoms with Crippen molar-refractivity contribution in [3.63, 3.8) is 0 Å². The van der Waals surface area contributed by atoms with Crippen molar-refractivity contribution in [2.24, 2.45) is 0 Å². The lowest BCUT2D eigenvalue weighted by Gasteiger charge is -2.26. The van der Waals surface area contributed by atoms with Gasteiger partial charge in [0.1, 0.15) is 11.4 Å². The number of benzene rings is 2. The molecule has 1 aliphatic heterocycles. The Labute approximate surface area is 160 Å². The summed E-state index contributed by atoms with van der Waals surface area (Å²) in [6.07, 6.45) is 5.15. The summed E-state index contributed by atoms with van der Waals surface area (Å²) in [5.41, 5.74) is 2.90. The topological polar surface area (TPSA) is 38.5 Å². The summed E-state index contributed by atoms with van der Waals surface area (Å²) in [5, 5.41) is 4.20. The maximum atomic E-state index is 5.89. The molecule has 2 aromatic carbocycles. The fourth-order valence-corrected chi connectivity index (χ4v) is 3.53. The molecule has 0 amide bonds. The second-order valence-electron chi connectivity index (χ2n) is 7.07. The van der Waals surface area contributed by atoms with Gasteiger partial charge in [0.15, 0.2) is 5.76 Å². The smallest absolute Gasteiger partial charge is 0.167 e. The fraction of sp³-hybridized carbons (Fsp3) is 0.348. The van der Waals surface area contributed by atoms with Gasteiger partial charge in [-0.15, -0.1) is 0 Å². The molecule has 1 aliphatic rings. The molecule has 4 rings (SSSR count). The van der Waals surface area contributed by atoms with Gasteiger partial charge in [0.05, 0.1) is 6.61 Å². The normalized spacial score (nSPS) is 15.0. The third-order valence-corrected chi connectivity index (χ3v) is 5.05. The second kappa shape index (κ2) is 8.87. The summed E-state index contributed by atoms with van der Waals surface area (Å²) in [7, 11) is 0. The van der Waals surface area contributed by atoms with Crippen LogP contribution in [0, 0.1) is 0 Å². The summed E-state index contributed by atoms with van der Waals surface area (Å²) in [6, 6.07) is 20.1. The average Bonchev–Trinajstić information content (AvgIpc) is 3.23. The van der Waals surface area contributed by atoms with Crippen LogP contribution in [0.25, 0.3) is 22.6 Å². The first-order valence-electron chi connectivity index (χ1n) is 9.86. The summed E-state index contributed by atoms with van der Waals surface area (Å²) >= 11 is 0. The third kappa shape index (κ3) is 4.77. The lowest BCUT2D eigenvalue weighted by atomic mass is 10.1. The van der Waals surface area contributed by atoms with E-state index in [9.17, 15) is 0 Å². The molecule has 4 heteroatoms. The molecule has 4 nitrogen and oxygen atoms in total. The summed E-state index contributed by atoms with van der Waals surface area (Å²) in [5.74, 6) is 1.69. The van der Waals surface area contributed by atoms with E-state index in [2.05, 4.69) is 10.1 Å². The first kappa shape index (κ1) is 17.8. The Morgan fingerprint density at radius 2 is 1.67 bits per heavy atom. The van der Waals surface area contributed by atoms with Crippen LogP contribution in [0.5, 0.6) is 5.75 Å². The zero-order valence-corrected chi connectivity index (χ0v) is 15.6. The number of hydrogen-bond acceptors (Lipinski definition) is 4. The minimum atomic E-state index is 0.762. The van der Waals surface area contributed by atoms with Crippen molar-refractivity contribution >= 4 is 0 Å². The number of aromatic nitrogens is 1. The minimum absolute atomic E-state index is 0.762. The molecule has 3 aromatic rings. The number of rotatable bonds is 7. The van der Waals surface area contributed by atoms with Crippen LogP contribution < -0.4 is 4.74 Å². The molecule has 140 valence electrons. The zero-order valence-electron chi connectivity index (χ0n) is 15.6. The molecule has 0 N–H and O–H groups in total. The Hall–Kier alpha value is -2.59. The molecule has 0 spiro atoms. The van der Waals surface area contributed by atoms with E-state index in [0.717, 1.165) is 47.9 Å². The molecule has 1 saturated heterocycles. The van der Waals surface area contributed by atoms with Gasteiger partial charge in [-0.05, 0) is 56.6 Å². The van der Waals surface area contributed by atoms with Crippen molar-refractivity contribution in [1.29, 1.82) is 0 Å². The molecule has 2 heterocycles. The standard InChI is InChI=1S/C23H26N2O2/c1-3-8-20(9-4-1)23-18-22(24-27-23)19-10-12-21(13-11-19)26-17-7-16-25-14-5-2-6-15-25/h1,3-4,8-13,18H,2,5-7,14-17H2. The molecular formula is C23H26N2O2. The molecule has 1 aromatic heterocycles. The Kier molecular flexibility index (Phi) is 5.85. The average molecular weight is 362 g/mol. The lowest BCUT2D eigenvalue weighted by Crippen LogP contribution is -2.31. The summed E-state index contributed by atoms with van der Waals surface area (Å²) in [6.45, 7) is 4.39. The first-order valence-corrected chi connectivity index (χ1v) is 9.86. The minimum Gasteiger partial charge on any atom is -0.494 e. The van der Waals surface area contributed by atoms with Gasteiger partial charge in [0, 0.05) is 23.7 Å².